The first kappa shape index (κ1) is 44.6. The first-order chi connectivity index (χ1) is 26.8. The molecule has 0 unspecified atom stereocenters. The molecule has 0 nitrogen and oxygen atoms in total. The molecule has 0 aliphatic heterocycles. The number of benzene rings is 6. The molecule has 0 saturated carbocycles. The van der Waals surface area contributed by atoms with E-state index in [9.17, 15) is 0 Å². The van der Waals surface area contributed by atoms with Crippen molar-refractivity contribution >= 4 is 38.0 Å². The minimum atomic E-state index is -2.96. The Bertz CT molecular complexity index is 2420. The van der Waals surface area contributed by atoms with Gasteiger partial charge in [0.25, 0.3) is 0 Å². The number of hydrogen-bond donors (Lipinski definition) is 0. The maximum atomic E-state index is 6.59. The smallest absolute Gasteiger partial charge is 1.00 e. The molecule has 8 rings (SSSR count). The number of halogens is 5. The predicted molar refractivity (Wildman–Crippen MR) is 240 cm³/mol. The Kier molecular flexibility index (Phi) is 13.8. The molecular weight excluding hydrogens is 893 g/mol. The average Bonchev–Trinajstić information content (AvgIpc) is 3.81. The normalized spacial score (nSPS) is 13.6. The summed E-state index contributed by atoms with van der Waals surface area (Å²) in [4.78, 5) is 0. The van der Waals surface area contributed by atoms with Gasteiger partial charge in [-0.2, -0.15) is 0 Å². The third-order valence-corrected chi connectivity index (χ3v) is 20.4. The van der Waals surface area contributed by atoms with Gasteiger partial charge in [-0.3, -0.25) is 0 Å². The molecule has 0 atom stereocenters. The third kappa shape index (κ3) is 9.03. The molecule has 2 aliphatic rings. The molecule has 6 heteroatoms. The fourth-order valence-electron chi connectivity index (χ4n) is 8.64. The maximum absolute atomic E-state index is 6.59. The molecule has 0 radical (unpaired) electrons. The van der Waals surface area contributed by atoms with E-state index in [1.54, 1.807) is 6.49 Å². The summed E-state index contributed by atoms with van der Waals surface area (Å²) >= 11 is 16.6. The Hall–Kier alpha value is -3.00. The number of fused-ring (bicyclic) bond motifs is 3. The summed E-state index contributed by atoms with van der Waals surface area (Å²) in [7, 11) is 0. The minimum absolute atomic E-state index is 0. The first-order valence-corrected chi connectivity index (χ1v) is 24.6. The topological polar surface area (TPSA) is 0 Å². The van der Waals surface area contributed by atoms with Gasteiger partial charge in [0.05, 0.1) is 0 Å². The Morgan fingerprint density at radius 1 is 0.569 bits per heavy atom. The van der Waals surface area contributed by atoms with E-state index in [0.717, 1.165) is 27.9 Å². The van der Waals surface area contributed by atoms with Gasteiger partial charge >= 0.3 is 359 Å². The summed E-state index contributed by atoms with van der Waals surface area (Å²) in [6, 6.07) is 46.9. The van der Waals surface area contributed by atoms with Crippen LogP contribution in [0.3, 0.4) is 0 Å². The fourth-order valence-corrected chi connectivity index (χ4v) is 18.1. The van der Waals surface area contributed by atoms with Gasteiger partial charge in [0.2, 0.25) is 0 Å². The molecule has 0 amide bonds. The van der Waals surface area contributed by atoms with Crippen molar-refractivity contribution in [1.29, 1.82) is 0 Å². The van der Waals surface area contributed by atoms with Crippen molar-refractivity contribution < 1.29 is 46.1 Å². The van der Waals surface area contributed by atoms with Crippen molar-refractivity contribution in [2.75, 3.05) is 0 Å². The van der Waals surface area contributed by atoms with Crippen LogP contribution < -0.4 is 24.8 Å². The summed E-state index contributed by atoms with van der Waals surface area (Å²) in [5.74, 6) is 0. The quantitative estimate of drug-likeness (QED) is 0.150. The van der Waals surface area contributed by atoms with Crippen molar-refractivity contribution in [3.63, 3.8) is 0 Å². The van der Waals surface area contributed by atoms with Crippen molar-refractivity contribution in [3.05, 3.63) is 197 Å². The van der Waals surface area contributed by atoms with Crippen LogP contribution in [0.5, 0.6) is 0 Å². The molecule has 6 aromatic rings. The van der Waals surface area contributed by atoms with E-state index < -0.39 is 21.3 Å². The van der Waals surface area contributed by atoms with E-state index in [0.29, 0.717) is 0 Å². The largest absolute Gasteiger partial charge is 1.00 e. The Morgan fingerprint density at radius 2 is 1.02 bits per heavy atom. The van der Waals surface area contributed by atoms with Crippen LogP contribution in [0.2, 0.25) is 15.1 Å². The van der Waals surface area contributed by atoms with Crippen LogP contribution in [-0.4, -0.2) is 3.21 Å². The van der Waals surface area contributed by atoms with Gasteiger partial charge in [0.1, 0.15) is 0 Å². The Morgan fingerprint density at radius 3 is 1.43 bits per heavy atom. The molecule has 2 aliphatic carbocycles. The summed E-state index contributed by atoms with van der Waals surface area (Å²) in [5.41, 5.74) is 15.8. The van der Waals surface area contributed by atoms with Gasteiger partial charge in [0.15, 0.2) is 0 Å². The summed E-state index contributed by atoms with van der Waals surface area (Å²) in [6.07, 6.45) is 9.01. The Labute approximate surface area is 380 Å². The third-order valence-electron chi connectivity index (χ3n) is 11.4. The standard InChI is InChI=1S/C33H31Cl2.C14H11Cl.C5H5.2ClH.Zr/c1-32(2,3)30-18-26-22(16-28(30)20-7-11-24(34)12-8-20)15-23-17-29(21-9-13-25(35)14-10-21)31(19-27(23)26)33(4,5)6;15-14-10-8-13(9-11-14)7-6-12-4-2-1-3-5-12;1-2-4-5-3-1;;;/h7-19H,1-6H3;1-5,8-11H,6H2;1-3H,4H2;2*1H;/q;;;;;+2/p-2. The van der Waals surface area contributed by atoms with Gasteiger partial charge < -0.3 is 24.8 Å². The molecule has 0 fully saturated rings. The summed E-state index contributed by atoms with van der Waals surface area (Å²) < 4.78 is 3.45. The molecule has 6 aromatic carbocycles. The van der Waals surface area contributed by atoms with Crippen molar-refractivity contribution in [1.82, 2.24) is 0 Å². The van der Waals surface area contributed by atoms with Crippen LogP contribution >= 0.6 is 34.8 Å². The molecular formula is C52H47Cl5Zr. The predicted octanol–water partition coefficient (Wildman–Crippen LogP) is 9.58. The van der Waals surface area contributed by atoms with Crippen LogP contribution in [-0.2, 0) is 38.5 Å². The number of rotatable bonds is 7. The van der Waals surface area contributed by atoms with E-state index in [-0.39, 0.29) is 39.3 Å². The van der Waals surface area contributed by atoms with E-state index in [2.05, 4.69) is 163 Å². The molecule has 0 aromatic heterocycles. The monoisotopic (exact) mass is 936 g/mol. The van der Waals surface area contributed by atoms with Gasteiger partial charge in [-0.25, -0.2) is 0 Å². The summed E-state index contributed by atoms with van der Waals surface area (Å²) in [6.45, 7) is 14.0. The zero-order valence-electron chi connectivity index (χ0n) is 33.7. The second-order valence-corrected chi connectivity index (χ2v) is 25.1. The molecule has 58 heavy (non-hydrogen) atoms. The molecule has 0 spiro atoms. The van der Waals surface area contributed by atoms with E-state index in [1.165, 1.54) is 66.8 Å². The van der Waals surface area contributed by atoms with Crippen LogP contribution in [0.25, 0.3) is 33.4 Å². The zero-order valence-corrected chi connectivity index (χ0v) is 40.0. The van der Waals surface area contributed by atoms with Crippen LogP contribution in [0.1, 0.15) is 85.0 Å². The van der Waals surface area contributed by atoms with Gasteiger partial charge in [0, 0.05) is 0 Å². The Balaban J connectivity index is 0.00000283. The van der Waals surface area contributed by atoms with Crippen molar-refractivity contribution in [3.8, 4) is 33.4 Å². The van der Waals surface area contributed by atoms with Crippen molar-refractivity contribution in [2.45, 2.75) is 68.8 Å². The second kappa shape index (κ2) is 17.9. The van der Waals surface area contributed by atoms with Crippen LogP contribution in [0, 0.1) is 0 Å². The number of hydrogen-bond acceptors (Lipinski definition) is 0. The molecule has 0 heterocycles. The first-order valence-electron chi connectivity index (χ1n) is 19.5. The average molecular weight is 940 g/mol. The maximum Gasteiger partial charge on any atom is -1.00 e. The van der Waals surface area contributed by atoms with Gasteiger partial charge in [-0.05, 0) is 0 Å². The van der Waals surface area contributed by atoms with Crippen LogP contribution in [0.15, 0.2) is 149 Å². The molecule has 294 valence electrons. The van der Waals surface area contributed by atoms with Gasteiger partial charge in [-0.15, -0.1) is 0 Å². The van der Waals surface area contributed by atoms with Gasteiger partial charge in [-0.1, -0.05) is 0 Å². The summed E-state index contributed by atoms with van der Waals surface area (Å²) in [5, 5.41) is 2.27. The van der Waals surface area contributed by atoms with E-state index in [4.69, 9.17) is 34.8 Å². The zero-order chi connectivity index (χ0) is 39.4. The molecule has 0 bridgehead atoms. The molecule has 0 N–H and O–H groups in total. The molecule has 0 saturated heterocycles. The SMILES string of the molecule is CC(C)(C)c1cc2c(cc1-c1ccc(Cl)cc1)[CH](/[Zr+2]([C]1=CC=CC1)=[C](\Cc1ccccc1)c1ccc(Cl)cc1)c1cc(-c3ccc(Cl)cc3)c(C(C)(C)C)cc1-2.[Cl-].[Cl-]. The van der Waals surface area contributed by atoms with E-state index >= 15 is 0 Å². The van der Waals surface area contributed by atoms with Crippen LogP contribution in [0.4, 0.5) is 0 Å². The fraction of sp³-hybridized carbons (Fsp3) is 0.212. The van der Waals surface area contributed by atoms with Crippen molar-refractivity contribution in [2.24, 2.45) is 0 Å². The second-order valence-electron chi connectivity index (χ2n) is 17.3. The number of allylic oxidation sites excluding steroid dienone is 4. The van der Waals surface area contributed by atoms with E-state index in [1.807, 2.05) is 24.3 Å². The minimum Gasteiger partial charge on any atom is -1.00 e.